The molecule has 0 atom stereocenters. The Labute approximate surface area is 169 Å². The predicted molar refractivity (Wildman–Crippen MR) is 111 cm³/mol. The van der Waals surface area contributed by atoms with Gasteiger partial charge in [0.25, 0.3) is 5.91 Å². The van der Waals surface area contributed by atoms with Gasteiger partial charge in [0.05, 0.1) is 0 Å². The SMILES string of the molecule is Cc1onc(-c2ccc(F)cc2)c1C(=O)Nc1ccc(NCC2CCCC2)cc1. The molecule has 1 aliphatic rings. The lowest BCUT2D eigenvalue weighted by molar-refractivity contribution is 0.102. The number of nitrogens with zero attached hydrogens (tertiary/aromatic N) is 1. The second-order valence-corrected chi connectivity index (χ2v) is 7.53. The minimum absolute atomic E-state index is 0.310. The number of aryl methyl sites for hydroxylation is 1. The zero-order valence-corrected chi connectivity index (χ0v) is 16.4. The van der Waals surface area contributed by atoms with Crippen LogP contribution < -0.4 is 10.6 Å². The van der Waals surface area contributed by atoms with Crippen LogP contribution in [0.15, 0.2) is 53.1 Å². The van der Waals surface area contributed by atoms with E-state index in [0.29, 0.717) is 28.3 Å². The number of anilines is 2. The Bertz CT molecular complexity index is 974. The first-order valence-electron chi connectivity index (χ1n) is 9.97. The minimum Gasteiger partial charge on any atom is -0.385 e. The fraction of sp³-hybridized carbons (Fsp3) is 0.304. The summed E-state index contributed by atoms with van der Waals surface area (Å²) in [5.41, 5.74) is 3.10. The zero-order valence-electron chi connectivity index (χ0n) is 16.4. The van der Waals surface area contributed by atoms with Crippen molar-refractivity contribution in [1.29, 1.82) is 0 Å². The van der Waals surface area contributed by atoms with Crippen LogP contribution >= 0.6 is 0 Å². The summed E-state index contributed by atoms with van der Waals surface area (Å²) in [6.07, 6.45) is 5.27. The van der Waals surface area contributed by atoms with Gasteiger partial charge < -0.3 is 15.2 Å². The maximum Gasteiger partial charge on any atom is 0.261 e. The van der Waals surface area contributed by atoms with Crippen molar-refractivity contribution in [3.63, 3.8) is 0 Å². The molecule has 150 valence electrons. The van der Waals surface area contributed by atoms with Gasteiger partial charge in [-0.05, 0) is 74.2 Å². The molecule has 1 fully saturated rings. The van der Waals surface area contributed by atoms with Gasteiger partial charge in [-0.3, -0.25) is 4.79 Å². The van der Waals surface area contributed by atoms with Gasteiger partial charge in [0.15, 0.2) is 0 Å². The summed E-state index contributed by atoms with van der Waals surface area (Å²) in [6, 6.07) is 13.5. The van der Waals surface area contributed by atoms with Crippen molar-refractivity contribution in [3.8, 4) is 11.3 Å². The van der Waals surface area contributed by atoms with Crippen LogP contribution in [-0.2, 0) is 0 Å². The second-order valence-electron chi connectivity index (χ2n) is 7.53. The number of rotatable bonds is 6. The predicted octanol–water partition coefficient (Wildman–Crippen LogP) is 5.64. The normalized spacial score (nSPS) is 14.1. The lowest BCUT2D eigenvalue weighted by atomic mass is 10.1. The molecule has 5 nitrogen and oxygen atoms in total. The van der Waals surface area contributed by atoms with E-state index in [4.69, 9.17) is 4.52 Å². The van der Waals surface area contributed by atoms with Gasteiger partial charge in [-0.25, -0.2) is 4.39 Å². The molecule has 0 spiro atoms. The molecular weight excluding hydrogens is 369 g/mol. The lowest BCUT2D eigenvalue weighted by Gasteiger charge is -2.12. The molecule has 1 amide bonds. The van der Waals surface area contributed by atoms with Gasteiger partial charge in [-0.2, -0.15) is 0 Å². The number of carbonyl (C=O) groups is 1. The molecule has 29 heavy (non-hydrogen) atoms. The maximum absolute atomic E-state index is 13.2. The van der Waals surface area contributed by atoms with E-state index < -0.39 is 0 Å². The maximum atomic E-state index is 13.2. The van der Waals surface area contributed by atoms with Crippen molar-refractivity contribution < 1.29 is 13.7 Å². The highest BCUT2D eigenvalue weighted by Gasteiger charge is 2.22. The summed E-state index contributed by atoms with van der Waals surface area (Å²) < 4.78 is 18.4. The summed E-state index contributed by atoms with van der Waals surface area (Å²) in [7, 11) is 0. The third-order valence-corrected chi connectivity index (χ3v) is 5.42. The van der Waals surface area contributed by atoms with Gasteiger partial charge in [0, 0.05) is 23.5 Å². The van der Waals surface area contributed by atoms with Crippen LogP contribution in [0.4, 0.5) is 15.8 Å². The van der Waals surface area contributed by atoms with Crippen LogP contribution in [0.2, 0.25) is 0 Å². The van der Waals surface area contributed by atoms with Crippen molar-refractivity contribution in [2.75, 3.05) is 17.2 Å². The highest BCUT2D eigenvalue weighted by atomic mass is 19.1. The molecule has 2 N–H and O–H groups in total. The summed E-state index contributed by atoms with van der Waals surface area (Å²) in [5, 5.41) is 10.3. The molecule has 0 unspecified atom stereocenters. The quantitative estimate of drug-likeness (QED) is 0.568. The van der Waals surface area contributed by atoms with Crippen molar-refractivity contribution in [1.82, 2.24) is 5.16 Å². The van der Waals surface area contributed by atoms with Crippen LogP contribution in [-0.4, -0.2) is 17.6 Å². The van der Waals surface area contributed by atoms with Gasteiger partial charge in [0.2, 0.25) is 0 Å². The fourth-order valence-electron chi connectivity index (χ4n) is 3.79. The van der Waals surface area contributed by atoms with Gasteiger partial charge in [0.1, 0.15) is 22.8 Å². The third-order valence-electron chi connectivity index (χ3n) is 5.42. The Kier molecular flexibility index (Phi) is 5.60. The number of nitrogens with one attached hydrogen (secondary N) is 2. The first kappa shape index (κ1) is 19.2. The van der Waals surface area contributed by atoms with Gasteiger partial charge >= 0.3 is 0 Å². The van der Waals surface area contributed by atoms with E-state index in [2.05, 4.69) is 15.8 Å². The first-order valence-corrected chi connectivity index (χ1v) is 9.97. The Hall–Kier alpha value is -3.15. The van der Waals surface area contributed by atoms with Crippen molar-refractivity contribution >= 4 is 17.3 Å². The highest BCUT2D eigenvalue weighted by molar-refractivity contribution is 6.08. The van der Waals surface area contributed by atoms with E-state index >= 15 is 0 Å². The van der Waals surface area contributed by atoms with Crippen LogP contribution in [0.1, 0.15) is 41.8 Å². The molecule has 0 radical (unpaired) electrons. The zero-order chi connectivity index (χ0) is 20.2. The smallest absolute Gasteiger partial charge is 0.261 e. The summed E-state index contributed by atoms with van der Waals surface area (Å²) in [5.74, 6) is 0.517. The van der Waals surface area contributed by atoms with Crippen LogP contribution in [0.25, 0.3) is 11.3 Å². The average Bonchev–Trinajstić information content (AvgIpc) is 3.38. The Morgan fingerprint density at radius 2 is 1.72 bits per heavy atom. The molecule has 1 saturated carbocycles. The van der Waals surface area contributed by atoms with Crippen LogP contribution in [0.5, 0.6) is 0 Å². The molecule has 4 rings (SSSR count). The van der Waals surface area contributed by atoms with E-state index in [0.717, 1.165) is 18.2 Å². The molecule has 1 heterocycles. The Morgan fingerprint density at radius 3 is 2.41 bits per heavy atom. The number of benzene rings is 2. The van der Waals surface area contributed by atoms with Crippen LogP contribution in [0.3, 0.4) is 0 Å². The number of halogens is 1. The second kappa shape index (κ2) is 8.47. The molecule has 1 aromatic heterocycles. The standard InChI is InChI=1S/C23H24FN3O2/c1-15-21(22(27-29-15)17-6-8-18(24)9-7-17)23(28)26-20-12-10-19(11-13-20)25-14-16-4-2-3-5-16/h6-13,16,25H,2-5,14H2,1H3,(H,26,28). The monoisotopic (exact) mass is 393 g/mol. The highest BCUT2D eigenvalue weighted by Crippen LogP contribution is 2.27. The molecule has 0 saturated heterocycles. The molecular formula is C23H24FN3O2. The number of carbonyl (C=O) groups excluding carboxylic acids is 1. The lowest BCUT2D eigenvalue weighted by Crippen LogP contribution is -2.14. The van der Waals surface area contributed by atoms with E-state index in [-0.39, 0.29) is 11.7 Å². The molecule has 2 aromatic carbocycles. The van der Waals surface area contributed by atoms with Crippen molar-refractivity contribution in [2.45, 2.75) is 32.6 Å². The molecule has 0 aliphatic heterocycles. The van der Waals surface area contributed by atoms with E-state index in [1.807, 2.05) is 24.3 Å². The minimum atomic E-state index is -0.346. The van der Waals surface area contributed by atoms with Crippen molar-refractivity contribution in [3.05, 3.63) is 65.7 Å². The Morgan fingerprint density at radius 1 is 1.07 bits per heavy atom. The third kappa shape index (κ3) is 4.47. The van der Waals surface area contributed by atoms with Gasteiger partial charge in [-0.1, -0.05) is 18.0 Å². The first-order chi connectivity index (χ1) is 14.1. The molecule has 1 aliphatic carbocycles. The fourth-order valence-corrected chi connectivity index (χ4v) is 3.79. The van der Waals surface area contributed by atoms with Gasteiger partial charge in [-0.15, -0.1) is 0 Å². The summed E-state index contributed by atoms with van der Waals surface area (Å²) in [6.45, 7) is 2.68. The summed E-state index contributed by atoms with van der Waals surface area (Å²) >= 11 is 0. The largest absolute Gasteiger partial charge is 0.385 e. The summed E-state index contributed by atoms with van der Waals surface area (Å²) in [4.78, 5) is 12.8. The topological polar surface area (TPSA) is 67.2 Å². The number of hydrogen-bond acceptors (Lipinski definition) is 4. The molecule has 3 aromatic rings. The van der Waals surface area contributed by atoms with Crippen LogP contribution in [0, 0.1) is 18.7 Å². The van der Waals surface area contributed by atoms with E-state index in [9.17, 15) is 9.18 Å². The number of aromatic nitrogens is 1. The molecule has 0 bridgehead atoms. The number of amides is 1. The Balaban J connectivity index is 1.44. The van der Waals surface area contributed by atoms with E-state index in [1.165, 1.54) is 37.8 Å². The number of hydrogen-bond donors (Lipinski definition) is 2. The molecule has 6 heteroatoms. The van der Waals surface area contributed by atoms with Crippen molar-refractivity contribution in [2.24, 2.45) is 5.92 Å². The van der Waals surface area contributed by atoms with E-state index in [1.54, 1.807) is 19.1 Å². The average molecular weight is 393 g/mol.